The lowest BCUT2D eigenvalue weighted by Gasteiger charge is -2.18. The van der Waals surface area contributed by atoms with Crippen LogP contribution in [-0.4, -0.2) is 32.9 Å². The van der Waals surface area contributed by atoms with Crippen LogP contribution in [0.4, 0.5) is 8.78 Å². The molecule has 2 rings (SSSR count). The van der Waals surface area contributed by atoms with Gasteiger partial charge in [0.2, 0.25) is 0 Å². The van der Waals surface area contributed by atoms with Crippen LogP contribution in [0, 0.1) is 10.7 Å². The summed E-state index contributed by atoms with van der Waals surface area (Å²) in [4.78, 5) is 10.8. The van der Waals surface area contributed by atoms with E-state index in [1.807, 2.05) is 0 Å². The lowest BCUT2D eigenvalue weighted by molar-refractivity contribution is 0.286. The maximum Gasteiger partial charge on any atom is 0.252 e. The van der Waals surface area contributed by atoms with Gasteiger partial charge in [0.05, 0.1) is 6.54 Å². The summed E-state index contributed by atoms with van der Waals surface area (Å²) in [5.74, 6) is -0.483. The molecule has 2 aromatic rings. The number of benzene rings is 1. The molecule has 1 unspecified atom stereocenters. The van der Waals surface area contributed by atoms with Crippen LogP contribution in [0.5, 0.6) is 0 Å². The van der Waals surface area contributed by atoms with Crippen LogP contribution in [0.1, 0.15) is 16.6 Å². The van der Waals surface area contributed by atoms with E-state index in [2.05, 4.69) is 5.18 Å². The van der Waals surface area contributed by atoms with E-state index >= 15 is 0 Å². The van der Waals surface area contributed by atoms with E-state index < -0.39 is 22.0 Å². The fourth-order valence-electron chi connectivity index (χ4n) is 2.04. The van der Waals surface area contributed by atoms with Gasteiger partial charge in [-0.3, -0.25) is 0 Å². The van der Waals surface area contributed by atoms with Crippen molar-refractivity contribution in [2.75, 3.05) is 20.1 Å². The van der Waals surface area contributed by atoms with Gasteiger partial charge in [-0.25, -0.2) is 17.2 Å². The van der Waals surface area contributed by atoms with Gasteiger partial charge < -0.3 is 0 Å². The van der Waals surface area contributed by atoms with Crippen molar-refractivity contribution in [3.63, 3.8) is 0 Å². The van der Waals surface area contributed by atoms with E-state index in [4.69, 9.17) is 0 Å². The van der Waals surface area contributed by atoms with Crippen molar-refractivity contribution in [1.82, 2.24) is 4.31 Å². The summed E-state index contributed by atoms with van der Waals surface area (Å²) in [6, 6.07) is 7.88. The highest BCUT2D eigenvalue weighted by Gasteiger charge is 2.26. The number of alkyl halides is 1. The summed E-state index contributed by atoms with van der Waals surface area (Å²) in [6.07, 6.45) is -1.20. The van der Waals surface area contributed by atoms with Crippen LogP contribution in [0.3, 0.4) is 0 Å². The number of likely N-dealkylation sites (N-methyl/N-ethyl adjacent to an activating group) is 1. The van der Waals surface area contributed by atoms with Gasteiger partial charge in [-0.1, -0.05) is 17.3 Å². The summed E-state index contributed by atoms with van der Waals surface area (Å²) in [5, 5.41) is 2.74. The van der Waals surface area contributed by atoms with E-state index in [0.29, 0.717) is 6.42 Å². The molecule has 0 radical (unpaired) electrons. The number of hydrogen-bond donors (Lipinski definition) is 0. The highest BCUT2D eigenvalue weighted by atomic mass is 32.2. The monoisotopic (exact) mass is 374 g/mol. The number of nitroso groups, excluding NO2 is 1. The minimum Gasteiger partial charge on any atom is -0.241 e. The summed E-state index contributed by atoms with van der Waals surface area (Å²) < 4.78 is 53.1. The number of sulfonamides is 1. The maximum absolute atomic E-state index is 14.3. The second-order valence-corrected chi connectivity index (χ2v) is 8.57. The van der Waals surface area contributed by atoms with Crippen molar-refractivity contribution >= 4 is 21.4 Å². The predicted molar refractivity (Wildman–Crippen MR) is 88.7 cm³/mol. The SMILES string of the molecule is CN(CC(F)c1ccc(F)cc1)S(=O)(=O)c1ccc(CCN=O)s1. The Bertz CT molecular complexity index is 791. The lowest BCUT2D eigenvalue weighted by Crippen LogP contribution is -2.29. The van der Waals surface area contributed by atoms with Crippen LogP contribution < -0.4 is 0 Å². The van der Waals surface area contributed by atoms with Crippen molar-refractivity contribution in [3.8, 4) is 0 Å². The number of rotatable bonds is 8. The molecule has 0 N–H and O–H groups in total. The Morgan fingerprint density at radius 3 is 2.50 bits per heavy atom. The minimum absolute atomic E-state index is 0.0764. The van der Waals surface area contributed by atoms with Gasteiger partial charge in [0.1, 0.15) is 16.2 Å². The molecule has 1 atom stereocenters. The van der Waals surface area contributed by atoms with Crippen LogP contribution in [0.25, 0.3) is 0 Å². The fourth-order valence-corrected chi connectivity index (χ4v) is 4.76. The molecule has 24 heavy (non-hydrogen) atoms. The highest BCUT2D eigenvalue weighted by molar-refractivity contribution is 7.91. The first kappa shape index (κ1) is 18.6. The van der Waals surface area contributed by atoms with Crippen LogP contribution in [0.2, 0.25) is 0 Å². The quantitative estimate of drug-likeness (QED) is 0.664. The van der Waals surface area contributed by atoms with Crippen LogP contribution in [0.15, 0.2) is 45.8 Å². The molecule has 0 saturated carbocycles. The van der Waals surface area contributed by atoms with E-state index in [1.165, 1.54) is 25.2 Å². The lowest BCUT2D eigenvalue weighted by atomic mass is 10.1. The van der Waals surface area contributed by atoms with Gasteiger partial charge in [0.25, 0.3) is 10.0 Å². The minimum atomic E-state index is -3.83. The van der Waals surface area contributed by atoms with Gasteiger partial charge in [-0.05, 0) is 29.8 Å². The van der Waals surface area contributed by atoms with Gasteiger partial charge in [-0.15, -0.1) is 11.3 Å². The zero-order valence-corrected chi connectivity index (χ0v) is 14.5. The topological polar surface area (TPSA) is 66.8 Å². The molecule has 0 spiro atoms. The molecule has 1 aromatic heterocycles. The zero-order valence-electron chi connectivity index (χ0n) is 12.9. The zero-order chi connectivity index (χ0) is 17.7. The summed E-state index contributed by atoms with van der Waals surface area (Å²) in [7, 11) is -2.54. The summed E-state index contributed by atoms with van der Waals surface area (Å²) >= 11 is 1.03. The molecule has 0 bridgehead atoms. The highest BCUT2D eigenvalue weighted by Crippen LogP contribution is 2.27. The summed E-state index contributed by atoms with van der Waals surface area (Å²) in [5.41, 5.74) is 0.211. The Balaban J connectivity index is 2.09. The molecule has 0 fully saturated rings. The summed E-state index contributed by atoms with van der Waals surface area (Å²) in [6.45, 7) is -0.302. The smallest absolute Gasteiger partial charge is 0.241 e. The Hall–Kier alpha value is -1.71. The average molecular weight is 374 g/mol. The number of halogens is 2. The molecule has 130 valence electrons. The first-order valence-electron chi connectivity index (χ1n) is 7.08. The normalized spacial score (nSPS) is 13.2. The molecule has 0 aliphatic heterocycles. The molecule has 0 amide bonds. The van der Waals surface area contributed by atoms with Crippen molar-refractivity contribution < 1.29 is 17.2 Å². The molecule has 9 heteroatoms. The Morgan fingerprint density at radius 2 is 1.88 bits per heavy atom. The second-order valence-electron chi connectivity index (χ2n) is 5.13. The first-order chi connectivity index (χ1) is 11.3. The maximum atomic E-state index is 14.3. The molecule has 0 aliphatic carbocycles. The van der Waals surface area contributed by atoms with Gasteiger partial charge in [-0.2, -0.15) is 9.21 Å². The molecule has 5 nitrogen and oxygen atoms in total. The molecular formula is C15H16F2N2O3S2. The van der Waals surface area contributed by atoms with Crippen molar-refractivity contribution in [2.24, 2.45) is 5.18 Å². The number of nitrogens with zero attached hydrogens (tertiary/aromatic N) is 2. The Morgan fingerprint density at radius 1 is 1.21 bits per heavy atom. The standard InChI is InChI=1S/C15H16F2N2O3S2/c1-19(10-14(17)11-2-4-12(16)5-3-11)24(21,22)15-7-6-13(23-15)8-9-18-20/h2-7,14H,8-10H2,1H3. The van der Waals surface area contributed by atoms with E-state index in [-0.39, 0.29) is 22.9 Å². The average Bonchev–Trinajstić information content (AvgIpc) is 3.03. The van der Waals surface area contributed by atoms with Gasteiger partial charge in [0.15, 0.2) is 0 Å². The van der Waals surface area contributed by atoms with Gasteiger partial charge >= 0.3 is 0 Å². The van der Waals surface area contributed by atoms with Crippen molar-refractivity contribution in [2.45, 2.75) is 16.8 Å². The van der Waals surface area contributed by atoms with E-state index in [0.717, 1.165) is 32.7 Å². The van der Waals surface area contributed by atoms with Crippen molar-refractivity contribution in [3.05, 3.63) is 57.6 Å². The fraction of sp³-hybridized carbons (Fsp3) is 0.333. The van der Waals surface area contributed by atoms with E-state index in [9.17, 15) is 22.1 Å². The first-order valence-corrected chi connectivity index (χ1v) is 9.34. The molecule has 1 heterocycles. The third-order valence-corrected chi connectivity index (χ3v) is 6.84. The van der Waals surface area contributed by atoms with Crippen molar-refractivity contribution in [1.29, 1.82) is 0 Å². The molecule has 0 aliphatic rings. The van der Waals surface area contributed by atoms with Crippen LogP contribution in [-0.2, 0) is 16.4 Å². The number of hydrogen-bond acceptors (Lipinski definition) is 5. The van der Waals surface area contributed by atoms with E-state index in [1.54, 1.807) is 6.07 Å². The Kier molecular flexibility index (Phi) is 6.14. The third-order valence-electron chi connectivity index (χ3n) is 3.40. The van der Waals surface area contributed by atoms with Gasteiger partial charge in [0, 0.05) is 24.9 Å². The molecule has 1 aromatic carbocycles. The molecular weight excluding hydrogens is 358 g/mol. The van der Waals surface area contributed by atoms with Crippen LogP contribution >= 0.6 is 11.3 Å². The molecule has 0 saturated heterocycles. The largest absolute Gasteiger partial charge is 0.252 e. The third kappa shape index (κ3) is 4.43. The predicted octanol–water partition coefficient (Wildman–Crippen LogP) is 3.53. The second kappa shape index (κ2) is 7.91. The Labute approximate surface area is 142 Å². The number of thiophene rings is 1.